The normalized spacial score (nSPS) is 22.7. The third kappa shape index (κ3) is 6.66. The van der Waals surface area contributed by atoms with Gasteiger partial charge in [0.2, 0.25) is 0 Å². The maximum atomic E-state index is 12.4. The zero-order valence-electron chi connectivity index (χ0n) is 18.6. The van der Waals surface area contributed by atoms with Crippen LogP contribution in [0, 0.1) is 11.3 Å². The van der Waals surface area contributed by atoms with E-state index in [1.165, 1.54) is 24.9 Å². The van der Waals surface area contributed by atoms with Crippen molar-refractivity contribution in [2.75, 3.05) is 56.1 Å². The van der Waals surface area contributed by atoms with Gasteiger partial charge >= 0.3 is 6.03 Å². The summed E-state index contributed by atoms with van der Waals surface area (Å²) in [5.41, 5.74) is 2.55. The van der Waals surface area contributed by atoms with E-state index in [9.17, 15) is 4.79 Å². The lowest BCUT2D eigenvalue weighted by atomic mass is 9.81. The van der Waals surface area contributed by atoms with E-state index in [2.05, 4.69) is 65.8 Å². The van der Waals surface area contributed by atoms with Crippen molar-refractivity contribution in [1.29, 1.82) is 0 Å². The molecule has 1 fully saturated rings. The van der Waals surface area contributed by atoms with E-state index in [-0.39, 0.29) is 24.6 Å². The van der Waals surface area contributed by atoms with Crippen molar-refractivity contribution >= 4 is 17.4 Å². The molecule has 6 heteroatoms. The summed E-state index contributed by atoms with van der Waals surface area (Å²) in [4.78, 5) is 16.7. The molecule has 1 atom stereocenters. The monoisotopic (exact) mass is 414 g/mol. The first-order chi connectivity index (χ1) is 14.5. The molecule has 1 aromatic rings. The molecule has 0 unspecified atom stereocenters. The van der Waals surface area contributed by atoms with Gasteiger partial charge < -0.3 is 25.5 Å². The fourth-order valence-electron chi connectivity index (χ4n) is 4.54. The summed E-state index contributed by atoms with van der Waals surface area (Å²) >= 11 is 0. The molecule has 0 aromatic heterocycles. The summed E-state index contributed by atoms with van der Waals surface area (Å²) in [6.45, 7) is 9.20. The Morgan fingerprint density at radius 2 is 1.90 bits per heavy atom. The molecule has 0 radical (unpaired) electrons. The minimum atomic E-state index is -0.107. The number of nitrogens with zero attached hydrogens (tertiary/aromatic N) is 2. The van der Waals surface area contributed by atoms with E-state index < -0.39 is 0 Å². The molecule has 2 aliphatic heterocycles. The molecule has 30 heavy (non-hydrogen) atoms. The second-order valence-electron chi connectivity index (χ2n) is 9.30. The lowest BCUT2D eigenvalue weighted by molar-refractivity contribution is 0.180. The zero-order valence-corrected chi connectivity index (χ0v) is 18.6. The number of rotatable bonds is 6. The third-order valence-corrected chi connectivity index (χ3v) is 6.05. The van der Waals surface area contributed by atoms with E-state index in [1.54, 1.807) is 0 Å². The van der Waals surface area contributed by atoms with Gasteiger partial charge in [0.15, 0.2) is 0 Å². The van der Waals surface area contributed by atoms with Gasteiger partial charge in [-0.25, -0.2) is 4.79 Å². The van der Waals surface area contributed by atoms with Crippen molar-refractivity contribution < 1.29 is 9.90 Å². The lowest BCUT2D eigenvalue weighted by Gasteiger charge is -2.34. The number of aliphatic hydroxyl groups excluding tert-OH is 1. The number of allylic oxidation sites excluding steroid dienone is 1. The molecule has 166 valence electrons. The van der Waals surface area contributed by atoms with Gasteiger partial charge in [0, 0.05) is 50.6 Å². The van der Waals surface area contributed by atoms with Crippen LogP contribution in [-0.2, 0) is 0 Å². The number of benzene rings is 1. The summed E-state index contributed by atoms with van der Waals surface area (Å²) in [5, 5.41) is 15.4. The lowest BCUT2D eigenvalue weighted by Crippen LogP contribution is -2.45. The number of hydrogen-bond acceptors (Lipinski definition) is 4. The highest BCUT2D eigenvalue weighted by atomic mass is 16.3. The largest absolute Gasteiger partial charge is 0.395 e. The minimum absolute atomic E-state index is 0.0408. The predicted molar refractivity (Wildman–Crippen MR) is 124 cm³/mol. The Labute approximate surface area is 181 Å². The highest BCUT2D eigenvalue weighted by molar-refractivity contribution is 5.74. The van der Waals surface area contributed by atoms with E-state index in [0.717, 1.165) is 31.7 Å². The Morgan fingerprint density at radius 1 is 1.17 bits per heavy atom. The average molecular weight is 415 g/mol. The molecule has 1 aromatic carbocycles. The van der Waals surface area contributed by atoms with Crippen molar-refractivity contribution in [2.45, 2.75) is 39.5 Å². The first-order valence-corrected chi connectivity index (χ1v) is 11.4. The number of carbonyl (C=O) groups excluding carboxylic acids is 1. The van der Waals surface area contributed by atoms with Crippen molar-refractivity contribution in [1.82, 2.24) is 10.2 Å². The number of hydrogen-bond donors (Lipinski definition) is 3. The molecule has 2 heterocycles. The van der Waals surface area contributed by atoms with E-state index in [0.29, 0.717) is 19.0 Å². The number of aliphatic hydroxyl groups is 1. The van der Waals surface area contributed by atoms with Crippen LogP contribution in [0.3, 0.4) is 0 Å². The number of amides is 2. The molecule has 0 saturated carbocycles. The number of carbonyl (C=O) groups is 1. The molecule has 6 nitrogen and oxygen atoms in total. The number of piperidine rings is 1. The topological polar surface area (TPSA) is 67.8 Å². The summed E-state index contributed by atoms with van der Waals surface area (Å²) in [6, 6.07) is 8.66. The second kappa shape index (κ2) is 10.7. The standard InChI is InChI=1S/C24H38N4O2/c1-24(2)11-6-15-28(23(30)25-12-16-29)19-20(17-24)18-26-21-7-9-22(10-8-21)27-13-4-3-5-14-27/h6-11,20,26,29H,3-5,12-19H2,1-2H3,(H,25,30)/b11-6-/t20-/m0/s1. The van der Waals surface area contributed by atoms with Crippen LogP contribution in [0.1, 0.15) is 39.5 Å². The van der Waals surface area contributed by atoms with Crippen molar-refractivity contribution in [3.8, 4) is 0 Å². The Hall–Kier alpha value is -2.21. The first-order valence-electron chi connectivity index (χ1n) is 11.4. The van der Waals surface area contributed by atoms with Crippen molar-refractivity contribution in [3.63, 3.8) is 0 Å². The molecule has 3 N–H and O–H groups in total. The second-order valence-corrected chi connectivity index (χ2v) is 9.30. The summed E-state index contributed by atoms with van der Waals surface area (Å²) < 4.78 is 0. The maximum absolute atomic E-state index is 12.4. The molecule has 2 aliphatic rings. The predicted octanol–water partition coefficient (Wildman–Crippen LogP) is 3.70. The van der Waals surface area contributed by atoms with Crippen LogP contribution in [0.25, 0.3) is 0 Å². The van der Waals surface area contributed by atoms with E-state index in [4.69, 9.17) is 5.11 Å². The van der Waals surface area contributed by atoms with Gasteiger partial charge in [0.05, 0.1) is 6.61 Å². The van der Waals surface area contributed by atoms with Crippen LogP contribution >= 0.6 is 0 Å². The Morgan fingerprint density at radius 3 is 2.60 bits per heavy atom. The van der Waals surface area contributed by atoms with Crippen molar-refractivity contribution in [2.24, 2.45) is 11.3 Å². The summed E-state index contributed by atoms with van der Waals surface area (Å²) in [5.74, 6) is 0.339. The molecule has 0 spiro atoms. The number of anilines is 2. The van der Waals surface area contributed by atoms with Gasteiger partial charge in [-0.15, -0.1) is 0 Å². The smallest absolute Gasteiger partial charge is 0.317 e. The molecular weight excluding hydrogens is 376 g/mol. The van der Waals surface area contributed by atoms with Gasteiger partial charge in [-0.05, 0) is 61.3 Å². The molecule has 0 aliphatic carbocycles. The highest BCUT2D eigenvalue weighted by Crippen LogP contribution is 2.30. The average Bonchev–Trinajstić information content (AvgIpc) is 2.74. The maximum Gasteiger partial charge on any atom is 0.317 e. The van der Waals surface area contributed by atoms with Gasteiger partial charge in [-0.2, -0.15) is 0 Å². The van der Waals surface area contributed by atoms with Crippen LogP contribution in [0.15, 0.2) is 36.4 Å². The first kappa shape index (κ1) is 22.5. The van der Waals surface area contributed by atoms with Crippen molar-refractivity contribution in [3.05, 3.63) is 36.4 Å². The Balaban J connectivity index is 1.59. The minimum Gasteiger partial charge on any atom is -0.395 e. The number of nitrogens with one attached hydrogen (secondary N) is 2. The van der Waals surface area contributed by atoms with E-state index in [1.807, 2.05) is 4.90 Å². The molecular formula is C24H38N4O2. The van der Waals surface area contributed by atoms with Crippen LogP contribution in [0.2, 0.25) is 0 Å². The van der Waals surface area contributed by atoms with Gasteiger partial charge in [0.25, 0.3) is 0 Å². The summed E-state index contributed by atoms with van der Waals surface area (Å²) in [6.07, 6.45) is 9.23. The van der Waals surface area contributed by atoms with Gasteiger partial charge in [0.1, 0.15) is 0 Å². The quantitative estimate of drug-likeness (QED) is 0.621. The van der Waals surface area contributed by atoms with Crippen LogP contribution < -0.4 is 15.5 Å². The SMILES string of the molecule is CC1(C)/C=C\CN(C(=O)NCCO)C[C@H](CNc2ccc(N3CCCCC3)cc2)C1. The third-order valence-electron chi connectivity index (χ3n) is 6.05. The van der Waals surface area contributed by atoms with E-state index >= 15 is 0 Å². The molecule has 3 rings (SSSR count). The fourth-order valence-corrected chi connectivity index (χ4v) is 4.54. The van der Waals surface area contributed by atoms with Crippen LogP contribution in [0.4, 0.5) is 16.2 Å². The molecule has 2 amide bonds. The van der Waals surface area contributed by atoms with Crippen LogP contribution in [-0.4, -0.2) is 61.9 Å². The summed E-state index contributed by atoms with van der Waals surface area (Å²) in [7, 11) is 0. The van der Waals surface area contributed by atoms with Crippen LogP contribution in [0.5, 0.6) is 0 Å². The number of urea groups is 1. The van der Waals surface area contributed by atoms with Gasteiger partial charge in [-0.1, -0.05) is 26.0 Å². The fraction of sp³-hybridized carbons (Fsp3) is 0.625. The van der Waals surface area contributed by atoms with Gasteiger partial charge in [-0.3, -0.25) is 0 Å². The molecule has 1 saturated heterocycles. The highest BCUT2D eigenvalue weighted by Gasteiger charge is 2.26. The molecule has 0 bridgehead atoms. The zero-order chi connectivity index (χ0) is 21.4. The Bertz CT molecular complexity index is 696. The Kier molecular flexibility index (Phi) is 8.02.